The van der Waals surface area contributed by atoms with Gasteiger partial charge in [-0.1, -0.05) is 25.0 Å². The Kier molecular flexibility index (Phi) is 5.74. The van der Waals surface area contributed by atoms with E-state index in [4.69, 9.17) is 14.2 Å². The van der Waals surface area contributed by atoms with Gasteiger partial charge in [0.05, 0.1) is 32.8 Å². The van der Waals surface area contributed by atoms with Crippen LogP contribution >= 0.6 is 0 Å². The molecule has 1 aliphatic carbocycles. The summed E-state index contributed by atoms with van der Waals surface area (Å²) in [6.07, 6.45) is 3.93. The van der Waals surface area contributed by atoms with E-state index >= 15 is 0 Å². The zero-order chi connectivity index (χ0) is 20.1. The van der Waals surface area contributed by atoms with Crippen LogP contribution < -0.4 is 19.5 Å². The van der Waals surface area contributed by atoms with Gasteiger partial charge in [0.1, 0.15) is 0 Å². The molecule has 0 aromatic heterocycles. The fourth-order valence-corrected chi connectivity index (χ4v) is 3.73. The third-order valence-electron chi connectivity index (χ3n) is 5.29. The molecule has 0 spiro atoms. The molecule has 0 unspecified atom stereocenters. The van der Waals surface area contributed by atoms with Gasteiger partial charge in [-0.2, -0.15) is 5.26 Å². The molecule has 6 nitrogen and oxygen atoms in total. The maximum absolute atomic E-state index is 12.7. The molecule has 3 rings (SSSR count). The molecular formula is C22H24N2O4. The van der Waals surface area contributed by atoms with Crippen LogP contribution in [0, 0.1) is 11.3 Å². The van der Waals surface area contributed by atoms with Crippen LogP contribution in [-0.2, 0) is 5.41 Å². The van der Waals surface area contributed by atoms with Crippen molar-refractivity contribution in [3.63, 3.8) is 0 Å². The summed E-state index contributed by atoms with van der Waals surface area (Å²) in [5, 5.41) is 12.5. The molecule has 1 amide bonds. The van der Waals surface area contributed by atoms with Crippen LogP contribution in [0.2, 0.25) is 0 Å². The minimum Gasteiger partial charge on any atom is -0.493 e. The van der Waals surface area contributed by atoms with Crippen molar-refractivity contribution in [2.45, 2.75) is 31.1 Å². The normalized spacial score (nSPS) is 14.8. The standard InChI is InChI=1S/C22H24N2O4/c1-26-18-12-15(13-19(27-2)20(18)28-3)21(25)24-17-8-6-16(7-9-17)22(14-23)10-4-5-11-22/h6-9,12-13H,4-5,10-11H2,1-3H3,(H,24,25). The van der Waals surface area contributed by atoms with Gasteiger partial charge in [-0.25, -0.2) is 0 Å². The molecule has 28 heavy (non-hydrogen) atoms. The predicted octanol–water partition coefficient (Wildman–Crippen LogP) is 4.30. The van der Waals surface area contributed by atoms with Crippen LogP contribution in [0.25, 0.3) is 0 Å². The number of amides is 1. The van der Waals surface area contributed by atoms with Crippen molar-refractivity contribution in [3.05, 3.63) is 47.5 Å². The van der Waals surface area contributed by atoms with Crippen molar-refractivity contribution in [2.75, 3.05) is 26.6 Å². The van der Waals surface area contributed by atoms with Crippen LogP contribution in [0.1, 0.15) is 41.6 Å². The highest BCUT2D eigenvalue weighted by Crippen LogP contribution is 2.41. The second-order valence-electron chi connectivity index (χ2n) is 6.85. The van der Waals surface area contributed by atoms with E-state index in [0.29, 0.717) is 28.5 Å². The van der Waals surface area contributed by atoms with Gasteiger partial charge in [-0.05, 0) is 42.7 Å². The molecule has 1 aliphatic rings. The van der Waals surface area contributed by atoms with E-state index in [1.165, 1.54) is 21.3 Å². The molecule has 0 saturated heterocycles. The Bertz CT molecular complexity index is 869. The molecule has 2 aromatic rings. The number of ether oxygens (including phenoxy) is 3. The minimum atomic E-state index is -0.390. The number of hydrogen-bond donors (Lipinski definition) is 1. The van der Waals surface area contributed by atoms with Gasteiger partial charge in [0, 0.05) is 11.3 Å². The van der Waals surface area contributed by atoms with Gasteiger partial charge in [-0.15, -0.1) is 0 Å². The Morgan fingerprint density at radius 1 is 1.00 bits per heavy atom. The number of nitrogens with zero attached hydrogens (tertiary/aromatic N) is 1. The number of methoxy groups -OCH3 is 3. The van der Waals surface area contributed by atoms with Gasteiger partial charge in [0.2, 0.25) is 5.75 Å². The van der Waals surface area contributed by atoms with Gasteiger partial charge in [0.15, 0.2) is 11.5 Å². The molecule has 1 fully saturated rings. The summed E-state index contributed by atoms with van der Waals surface area (Å²) >= 11 is 0. The topological polar surface area (TPSA) is 80.6 Å². The molecule has 6 heteroatoms. The number of anilines is 1. The van der Waals surface area contributed by atoms with Crippen molar-refractivity contribution in [3.8, 4) is 23.3 Å². The second-order valence-corrected chi connectivity index (χ2v) is 6.85. The summed E-state index contributed by atoms with van der Waals surface area (Å²) < 4.78 is 15.9. The molecule has 2 aromatic carbocycles. The Morgan fingerprint density at radius 3 is 2.04 bits per heavy atom. The number of nitrogens with one attached hydrogen (secondary N) is 1. The van der Waals surface area contributed by atoms with Crippen LogP contribution in [0.15, 0.2) is 36.4 Å². The smallest absolute Gasteiger partial charge is 0.255 e. The highest BCUT2D eigenvalue weighted by atomic mass is 16.5. The van der Waals surface area contributed by atoms with Gasteiger partial charge >= 0.3 is 0 Å². The monoisotopic (exact) mass is 380 g/mol. The van der Waals surface area contributed by atoms with E-state index in [0.717, 1.165) is 31.2 Å². The van der Waals surface area contributed by atoms with E-state index in [-0.39, 0.29) is 11.3 Å². The molecule has 0 radical (unpaired) electrons. The fourth-order valence-electron chi connectivity index (χ4n) is 3.73. The molecular weight excluding hydrogens is 356 g/mol. The van der Waals surface area contributed by atoms with Crippen LogP contribution in [-0.4, -0.2) is 27.2 Å². The highest BCUT2D eigenvalue weighted by molar-refractivity contribution is 6.05. The number of benzene rings is 2. The first-order chi connectivity index (χ1) is 13.6. The van der Waals surface area contributed by atoms with Crippen molar-refractivity contribution < 1.29 is 19.0 Å². The number of carbonyl (C=O) groups excluding carboxylic acids is 1. The lowest BCUT2D eigenvalue weighted by Gasteiger charge is -2.21. The van der Waals surface area contributed by atoms with E-state index in [2.05, 4.69) is 11.4 Å². The molecule has 0 aliphatic heterocycles. The zero-order valence-electron chi connectivity index (χ0n) is 16.4. The van der Waals surface area contributed by atoms with Crippen molar-refractivity contribution >= 4 is 11.6 Å². The number of nitriles is 1. The SMILES string of the molecule is COc1cc(C(=O)Nc2ccc(C3(C#N)CCCC3)cc2)cc(OC)c1OC. The number of hydrogen-bond acceptors (Lipinski definition) is 5. The third-order valence-corrected chi connectivity index (χ3v) is 5.29. The van der Waals surface area contributed by atoms with Crippen molar-refractivity contribution in [2.24, 2.45) is 0 Å². The van der Waals surface area contributed by atoms with E-state index in [9.17, 15) is 10.1 Å². The lowest BCUT2D eigenvalue weighted by atomic mass is 9.80. The summed E-state index contributed by atoms with van der Waals surface area (Å²) in [6.45, 7) is 0. The predicted molar refractivity (Wildman–Crippen MR) is 106 cm³/mol. The second kappa shape index (κ2) is 8.22. The molecule has 0 atom stereocenters. The van der Waals surface area contributed by atoms with E-state index < -0.39 is 0 Å². The Morgan fingerprint density at radius 2 is 1.57 bits per heavy atom. The number of rotatable bonds is 6. The lowest BCUT2D eigenvalue weighted by molar-refractivity contribution is 0.102. The van der Waals surface area contributed by atoms with Gasteiger partial charge in [0.25, 0.3) is 5.91 Å². The van der Waals surface area contributed by atoms with Gasteiger partial charge < -0.3 is 19.5 Å². The molecule has 146 valence electrons. The Hall–Kier alpha value is -3.20. The molecule has 0 heterocycles. The first-order valence-electron chi connectivity index (χ1n) is 9.20. The van der Waals surface area contributed by atoms with Crippen molar-refractivity contribution in [1.29, 1.82) is 5.26 Å². The Balaban J connectivity index is 1.81. The van der Waals surface area contributed by atoms with Crippen LogP contribution in [0.5, 0.6) is 17.2 Å². The fraction of sp³-hybridized carbons (Fsp3) is 0.364. The van der Waals surface area contributed by atoms with E-state index in [1.807, 2.05) is 24.3 Å². The first-order valence-corrected chi connectivity index (χ1v) is 9.20. The summed E-state index contributed by atoms with van der Waals surface area (Å²) in [7, 11) is 4.53. The molecule has 1 saturated carbocycles. The minimum absolute atomic E-state index is 0.289. The largest absolute Gasteiger partial charge is 0.493 e. The summed E-state index contributed by atoms with van der Waals surface area (Å²) in [4.78, 5) is 12.7. The lowest BCUT2D eigenvalue weighted by Crippen LogP contribution is -2.19. The zero-order valence-corrected chi connectivity index (χ0v) is 16.4. The third kappa shape index (κ3) is 3.61. The maximum Gasteiger partial charge on any atom is 0.255 e. The van der Waals surface area contributed by atoms with Crippen LogP contribution in [0.3, 0.4) is 0 Å². The first kappa shape index (κ1) is 19.6. The average Bonchev–Trinajstić information content (AvgIpc) is 3.23. The summed E-state index contributed by atoms with van der Waals surface area (Å²) in [5.74, 6) is 0.978. The van der Waals surface area contributed by atoms with Gasteiger partial charge in [-0.3, -0.25) is 4.79 Å². The number of carbonyl (C=O) groups is 1. The average molecular weight is 380 g/mol. The molecule has 1 N–H and O–H groups in total. The highest BCUT2D eigenvalue weighted by Gasteiger charge is 2.35. The van der Waals surface area contributed by atoms with Crippen molar-refractivity contribution in [1.82, 2.24) is 0 Å². The van der Waals surface area contributed by atoms with E-state index in [1.54, 1.807) is 12.1 Å². The molecule has 0 bridgehead atoms. The quantitative estimate of drug-likeness (QED) is 0.808. The summed E-state index contributed by atoms with van der Waals surface area (Å²) in [6, 6.07) is 13.2. The maximum atomic E-state index is 12.7. The Labute approximate surface area is 165 Å². The van der Waals surface area contributed by atoms with Crippen LogP contribution in [0.4, 0.5) is 5.69 Å². The summed E-state index contributed by atoms with van der Waals surface area (Å²) in [5.41, 5.74) is 1.67.